The summed E-state index contributed by atoms with van der Waals surface area (Å²) in [5.74, 6) is 0.681. The van der Waals surface area contributed by atoms with E-state index in [-0.39, 0.29) is 24.8 Å². The van der Waals surface area contributed by atoms with Crippen LogP contribution in [0.5, 0.6) is 0 Å². The molecule has 2 aromatic rings. The standard InChI is InChI=1S/C21H33N9O3/c1-21(2,3)18(30-12-15(23-26-30)13-7-8-13)20(33)29-11-14(31)10-16(29)19(32)22-9-5-6-17-24-25-27-28(17)4/h12-14,16,18,31H,5-11H2,1-4H3,(H,22,32)/t14?,16?,18-/m1/s1. The van der Waals surface area contributed by atoms with Crippen molar-refractivity contribution in [2.75, 3.05) is 13.1 Å². The molecule has 33 heavy (non-hydrogen) atoms. The van der Waals surface area contributed by atoms with Gasteiger partial charge in [-0.25, -0.2) is 9.36 Å². The number of hydrogen-bond acceptors (Lipinski definition) is 8. The van der Waals surface area contributed by atoms with Gasteiger partial charge in [0.25, 0.3) is 0 Å². The van der Waals surface area contributed by atoms with Crippen LogP contribution >= 0.6 is 0 Å². The third-order valence-corrected chi connectivity index (χ3v) is 6.29. The molecule has 1 aliphatic carbocycles. The summed E-state index contributed by atoms with van der Waals surface area (Å²) in [4.78, 5) is 28.1. The van der Waals surface area contributed by atoms with Crippen molar-refractivity contribution in [3.8, 4) is 0 Å². The van der Waals surface area contributed by atoms with Gasteiger partial charge in [0.1, 0.15) is 12.1 Å². The number of aliphatic hydroxyl groups is 1. The molecule has 1 saturated carbocycles. The zero-order valence-electron chi connectivity index (χ0n) is 19.7. The Morgan fingerprint density at radius 2 is 2.00 bits per heavy atom. The average molecular weight is 460 g/mol. The molecule has 1 saturated heterocycles. The number of carbonyl (C=O) groups is 2. The van der Waals surface area contributed by atoms with Crippen LogP contribution in [0, 0.1) is 5.41 Å². The van der Waals surface area contributed by atoms with Crippen molar-refractivity contribution in [3.63, 3.8) is 0 Å². The first kappa shape index (κ1) is 23.3. The van der Waals surface area contributed by atoms with E-state index >= 15 is 0 Å². The highest BCUT2D eigenvalue weighted by Gasteiger charge is 2.45. The summed E-state index contributed by atoms with van der Waals surface area (Å²) in [7, 11) is 1.77. The molecule has 0 spiro atoms. The van der Waals surface area contributed by atoms with Gasteiger partial charge in [0.15, 0.2) is 5.82 Å². The molecule has 180 valence electrons. The molecule has 0 bridgehead atoms. The molecule has 2 aliphatic rings. The molecule has 0 radical (unpaired) electrons. The molecule has 12 nitrogen and oxygen atoms in total. The third-order valence-electron chi connectivity index (χ3n) is 6.29. The highest BCUT2D eigenvalue weighted by Crippen LogP contribution is 2.40. The van der Waals surface area contributed by atoms with E-state index < -0.39 is 23.6 Å². The van der Waals surface area contributed by atoms with Crippen LogP contribution in [0.15, 0.2) is 6.20 Å². The number of aromatic nitrogens is 7. The van der Waals surface area contributed by atoms with Crippen molar-refractivity contribution in [1.29, 1.82) is 0 Å². The Balaban J connectivity index is 1.42. The predicted octanol–water partition coefficient (Wildman–Crippen LogP) is -0.0230. The van der Waals surface area contributed by atoms with Crippen LogP contribution in [0.4, 0.5) is 0 Å². The van der Waals surface area contributed by atoms with E-state index in [1.165, 1.54) is 4.90 Å². The molecule has 2 unspecified atom stereocenters. The Hall–Kier alpha value is -2.89. The molecule has 2 aromatic heterocycles. The average Bonchev–Trinajstić information content (AvgIpc) is 3.13. The Morgan fingerprint density at radius 3 is 2.64 bits per heavy atom. The summed E-state index contributed by atoms with van der Waals surface area (Å²) in [6, 6.07) is -1.35. The van der Waals surface area contributed by atoms with Crippen molar-refractivity contribution in [2.45, 2.75) is 77.0 Å². The number of carbonyl (C=O) groups excluding carboxylic acids is 2. The lowest BCUT2D eigenvalue weighted by Crippen LogP contribution is -2.50. The van der Waals surface area contributed by atoms with Crippen molar-refractivity contribution < 1.29 is 14.7 Å². The lowest BCUT2D eigenvalue weighted by atomic mass is 9.85. The third kappa shape index (κ3) is 5.21. The second-order valence-electron chi connectivity index (χ2n) is 10.2. The smallest absolute Gasteiger partial charge is 0.248 e. The molecule has 0 aromatic carbocycles. The van der Waals surface area contributed by atoms with Gasteiger partial charge in [-0.1, -0.05) is 26.0 Å². The maximum atomic E-state index is 13.7. The molecule has 1 aliphatic heterocycles. The van der Waals surface area contributed by atoms with E-state index in [1.54, 1.807) is 16.4 Å². The molecule has 2 N–H and O–H groups in total. The minimum absolute atomic E-state index is 0.123. The number of β-amino-alcohol motifs (C(OH)–C–C–N with tert-alkyl or cyclic N) is 1. The SMILES string of the molecule is Cn1nnnc1CCCNC(=O)C1CC(O)CN1C(=O)[C@@H](n1cc(C2CC2)nn1)C(C)(C)C. The minimum atomic E-state index is -0.743. The van der Waals surface area contributed by atoms with E-state index in [1.807, 2.05) is 27.0 Å². The van der Waals surface area contributed by atoms with Crippen molar-refractivity contribution >= 4 is 11.8 Å². The fourth-order valence-corrected chi connectivity index (χ4v) is 4.36. The van der Waals surface area contributed by atoms with E-state index in [4.69, 9.17) is 0 Å². The number of nitrogens with zero attached hydrogens (tertiary/aromatic N) is 8. The number of hydrogen-bond donors (Lipinski definition) is 2. The number of amides is 2. The van der Waals surface area contributed by atoms with Crippen LogP contribution < -0.4 is 5.32 Å². The van der Waals surface area contributed by atoms with Crippen molar-refractivity contribution in [3.05, 3.63) is 17.7 Å². The first-order chi connectivity index (χ1) is 15.6. The van der Waals surface area contributed by atoms with Gasteiger partial charge in [0.2, 0.25) is 11.8 Å². The number of aryl methyl sites for hydroxylation is 2. The number of aliphatic hydroxyl groups excluding tert-OH is 1. The molecule has 4 rings (SSSR count). The lowest BCUT2D eigenvalue weighted by molar-refractivity contribution is -0.144. The molecule has 2 fully saturated rings. The molecule has 12 heteroatoms. The maximum absolute atomic E-state index is 13.7. The van der Waals surface area contributed by atoms with E-state index in [0.29, 0.717) is 25.3 Å². The number of rotatable bonds is 8. The highest BCUT2D eigenvalue weighted by atomic mass is 16.3. The maximum Gasteiger partial charge on any atom is 0.248 e. The molecule has 3 heterocycles. The van der Waals surface area contributed by atoms with Gasteiger partial charge >= 0.3 is 0 Å². The molecule has 2 amide bonds. The number of tetrazole rings is 1. The summed E-state index contributed by atoms with van der Waals surface area (Å²) >= 11 is 0. The molecular formula is C21H33N9O3. The van der Waals surface area contributed by atoms with E-state index in [2.05, 4.69) is 31.2 Å². The summed E-state index contributed by atoms with van der Waals surface area (Å²) in [6.07, 6.45) is 4.81. The fourth-order valence-electron chi connectivity index (χ4n) is 4.36. The monoisotopic (exact) mass is 459 g/mol. The van der Waals surface area contributed by atoms with Crippen LogP contribution in [0.3, 0.4) is 0 Å². The second kappa shape index (κ2) is 9.16. The summed E-state index contributed by atoms with van der Waals surface area (Å²) in [5, 5.41) is 33.1. The minimum Gasteiger partial charge on any atom is -0.391 e. The zero-order valence-corrected chi connectivity index (χ0v) is 19.7. The van der Waals surface area contributed by atoms with Crippen molar-refractivity contribution in [2.24, 2.45) is 12.5 Å². The quantitative estimate of drug-likeness (QED) is 0.524. The lowest BCUT2D eigenvalue weighted by Gasteiger charge is -2.34. The normalized spacial score (nSPS) is 21.9. The summed E-state index contributed by atoms with van der Waals surface area (Å²) in [5.41, 5.74) is 0.454. The summed E-state index contributed by atoms with van der Waals surface area (Å²) < 4.78 is 3.23. The van der Waals surface area contributed by atoms with Gasteiger partial charge in [-0.2, -0.15) is 0 Å². The highest BCUT2D eigenvalue weighted by molar-refractivity contribution is 5.90. The molecule has 3 atom stereocenters. The van der Waals surface area contributed by atoms with Gasteiger partial charge in [0.05, 0.1) is 11.8 Å². The van der Waals surface area contributed by atoms with Gasteiger partial charge in [-0.3, -0.25) is 9.59 Å². The van der Waals surface area contributed by atoms with Gasteiger partial charge in [-0.05, 0) is 35.1 Å². The van der Waals surface area contributed by atoms with Crippen LogP contribution in [0.25, 0.3) is 0 Å². The Kier molecular flexibility index (Phi) is 6.46. The first-order valence-corrected chi connectivity index (χ1v) is 11.5. The van der Waals surface area contributed by atoms with Crippen molar-refractivity contribution in [1.82, 2.24) is 45.4 Å². The van der Waals surface area contributed by atoms with E-state index in [0.717, 1.165) is 24.4 Å². The van der Waals surface area contributed by atoms with Crippen LogP contribution in [0.1, 0.15) is 69.9 Å². The largest absolute Gasteiger partial charge is 0.391 e. The first-order valence-electron chi connectivity index (χ1n) is 11.5. The zero-order chi connectivity index (χ0) is 23.8. The molecular weight excluding hydrogens is 426 g/mol. The predicted molar refractivity (Wildman–Crippen MR) is 117 cm³/mol. The van der Waals surface area contributed by atoms with E-state index in [9.17, 15) is 14.7 Å². The summed E-state index contributed by atoms with van der Waals surface area (Å²) in [6.45, 7) is 6.46. The Morgan fingerprint density at radius 1 is 1.24 bits per heavy atom. The van der Waals surface area contributed by atoms with Crippen LogP contribution in [0.2, 0.25) is 0 Å². The Labute approximate surface area is 192 Å². The fraction of sp³-hybridized carbons (Fsp3) is 0.762. The number of likely N-dealkylation sites (tertiary alicyclic amines) is 1. The Bertz CT molecular complexity index is 991. The van der Waals surface area contributed by atoms with Gasteiger partial charge in [-0.15, -0.1) is 10.2 Å². The second-order valence-corrected chi connectivity index (χ2v) is 10.2. The van der Waals surface area contributed by atoms with Crippen LogP contribution in [-0.4, -0.2) is 82.3 Å². The van der Waals surface area contributed by atoms with Gasteiger partial charge in [0, 0.05) is 45.1 Å². The van der Waals surface area contributed by atoms with Crippen LogP contribution in [-0.2, 0) is 23.1 Å². The van der Waals surface area contributed by atoms with Gasteiger partial charge < -0.3 is 15.3 Å². The topological polar surface area (TPSA) is 144 Å². The number of nitrogens with one attached hydrogen (secondary N) is 1.